The Labute approximate surface area is 170 Å². The number of carbonyl (C=O) groups excluding carboxylic acids is 1. The standard InChI is InChI=1S/C16H15Cl2N5O3.ClH/c17-9-1-3-11(12(18)7-9)13-4-2-10(25-13)8-20-5-6-21-16(24)14-15(19)23-26-22-14;/h1-4,7,20H,5-6,8H2,(H2,19,23)(H,21,24);1H/p-1. The molecule has 1 aromatic carbocycles. The van der Waals surface area contributed by atoms with Crippen molar-refractivity contribution >= 4 is 34.9 Å². The highest BCUT2D eigenvalue weighted by atomic mass is 35.5. The van der Waals surface area contributed by atoms with Crippen molar-refractivity contribution < 1.29 is 26.2 Å². The number of carbonyl (C=O) groups is 1. The van der Waals surface area contributed by atoms with E-state index >= 15 is 0 Å². The summed E-state index contributed by atoms with van der Waals surface area (Å²) in [4.78, 5) is 11.8. The Bertz CT molecular complexity index is 912. The van der Waals surface area contributed by atoms with Gasteiger partial charge in [0.15, 0.2) is 0 Å². The number of nitrogen functional groups attached to an aromatic ring is 1. The summed E-state index contributed by atoms with van der Waals surface area (Å²) < 4.78 is 10.1. The van der Waals surface area contributed by atoms with Gasteiger partial charge in [-0.15, -0.1) is 0 Å². The van der Waals surface area contributed by atoms with Crippen LogP contribution in [-0.2, 0) is 6.54 Å². The lowest BCUT2D eigenvalue weighted by Gasteiger charge is -2.05. The molecule has 27 heavy (non-hydrogen) atoms. The zero-order valence-electron chi connectivity index (χ0n) is 13.8. The van der Waals surface area contributed by atoms with Crippen LogP contribution in [0, 0.1) is 0 Å². The van der Waals surface area contributed by atoms with Crippen LogP contribution in [0.25, 0.3) is 11.3 Å². The van der Waals surface area contributed by atoms with Crippen molar-refractivity contribution in [2.24, 2.45) is 0 Å². The maximum atomic E-state index is 11.8. The predicted octanol–water partition coefficient (Wildman–Crippen LogP) is -0.258. The molecule has 0 fully saturated rings. The third-order valence-corrected chi connectivity index (χ3v) is 4.02. The fourth-order valence-corrected chi connectivity index (χ4v) is 2.72. The topological polar surface area (TPSA) is 119 Å². The van der Waals surface area contributed by atoms with Crippen molar-refractivity contribution in [2.45, 2.75) is 6.54 Å². The monoisotopic (exact) mass is 430 g/mol. The molecule has 0 spiro atoms. The minimum Gasteiger partial charge on any atom is -1.00 e. The Morgan fingerprint density at radius 3 is 2.67 bits per heavy atom. The summed E-state index contributed by atoms with van der Waals surface area (Å²) in [6, 6.07) is 8.92. The van der Waals surface area contributed by atoms with Gasteiger partial charge >= 0.3 is 0 Å². The molecule has 0 atom stereocenters. The van der Waals surface area contributed by atoms with Gasteiger partial charge in [0.2, 0.25) is 11.5 Å². The molecular weight excluding hydrogens is 417 g/mol. The molecule has 0 aliphatic heterocycles. The Morgan fingerprint density at radius 2 is 1.96 bits per heavy atom. The smallest absolute Gasteiger partial charge is 0.277 e. The number of hydrogen-bond donors (Lipinski definition) is 3. The summed E-state index contributed by atoms with van der Waals surface area (Å²) in [6.07, 6.45) is 0. The number of halogens is 3. The van der Waals surface area contributed by atoms with E-state index in [2.05, 4.69) is 25.6 Å². The van der Waals surface area contributed by atoms with Crippen LogP contribution in [0.5, 0.6) is 0 Å². The molecule has 0 radical (unpaired) electrons. The van der Waals surface area contributed by atoms with Crippen molar-refractivity contribution in [3.05, 3.63) is 51.8 Å². The summed E-state index contributed by atoms with van der Waals surface area (Å²) in [5, 5.41) is 13.7. The van der Waals surface area contributed by atoms with E-state index in [1.54, 1.807) is 18.2 Å². The Balaban J connectivity index is 0.00000261. The molecule has 8 nitrogen and oxygen atoms in total. The molecular formula is C16H15Cl3N5O3-. The van der Waals surface area contributed by atoms with Gasteiger partial charge in [-0.3, -0.25) is 4.79 Å². The normalized spacial score (nSPS) is 10.4. The van der Waals surface area contributed by atoms with E-state index < -0.39 is 5.91 Å². The number of furan rings is 1. The van der Waals surface area contributed by atoms with E-state index in [9.17, 15) is 4.79 Å². The second kappa shape index (κ2) is 9.61. The fraction of sp³-hybridized carbons (Fsp3) is 0.188. The van der Waals surface area contributed by atoms with E-state index in [0.717, 1.165) is 11.3 Å². The first-order chi connectivity index (χ1) is 12.5. The molecule has 4 N–H and O–H groups in total. The van der Waals surface area contributed by atoms with Crippen LogP contribution in [0.2, 0.25) is 10.0 Å². The van der Waals surface area contributed by atoms with E-state index in [1.165, 1.54) is 0 Å². The van der Waals surface area contributed by atoms with Crippen molar-refractivity contribution in [1.82, 2.24) is 20.9 Å². The lowest BCUT2D eigenvalue weighted by atomic mass is 10.2. The summed E-state index contributed by atoms with van der Waals surface area (Å²) in [5.74, 6) is 0.913. The van der Waals surface area contributed by atoms with Gasteiger partial charge in [0.1, 0.15) is 11.5 Å². The van der Waals surface area contributed by atoms with E-state index in [0.29, 0.717) is 35.4 Å². The van der Waals surface area contributed by atoms with Crippen LogP contribution in [0.1, 0.15) is 16.2 Å². The summed E-state index contributed by atoms with van der Waals surface area (Å²) in [6.45, 7) is 1.39. The summed E-state index contributed by atoms with van der Waals surface area (Å²) in [5.41, 5.74) is 6.19. The lowest BCUT2D eigenvalue weighted by molar-refractivity contribution is -0.0000146. The molecule has 3 aromatic rings. The second-order valence-corrected chi connectivity index (χ2v) is 6.16. The first kappa shape index (κ1) is 21.0. The molecule has 2 heterocycles. The van der Waals surface area contributed by atoms with Crippen LogP contribution < -0.4 is 28.8 Å². The molecule has 0 unspecified atom stereocenters. The lowest BCUT2D eigenvalue weighted by Crippen LogP contribution is -3.00. The third kappa shape index (κ3) is 5.36. The van der Waals surface area contributed by atoms with Gasteiger partial charge in [-0.25, -0.2) is 4.63 Å². The second-order valence-electron chi connectivity index (χ2n) is 5.32. The number of anilines is 1. The molecule has 1 amide bonds. The number of rotatable bonds is 7. The molecule has 0 saturated heterocycles. The van der Waals surface area contributed by atoms with Crippen LogP contribution in [0.3, 0.4) is 0 Å². The van der Waals surface area contributed by atoms with Gasteiger partial charge in [-0.05, 0) is 40.6 Å². The van der Waals surface area contributed by atoms with Gasteiger partial charge in [0, 0.05) is 23.7 Å². The Kier molecular flexibility index (Phi) is 7.49. The zero-order chi connectivity index (χ0) is 18.5. The highest BCUT2D eigenvalue weighted by Gasteiger charge is 2.15. The summed E-state index contributed by atoms with van der Waals surface area (Å²) >= 11 is 12.1. The third-order valence-electron chi connectivity index (χ3n) is 3.47. The number of benzene rings is 1. The van der Waals surface area contributed by atoms with Crippen LogP contribution in [0.15, 0.2) is 39.4 Å². The average Bonchev–Trinajstić information content (AvgIpc) is 3.23. The van der Waals surface area contributed by atoms with Gasteiger partial charge in [-0.2, -0.15) is 0 Å². The van der Waals surface area contributed by atoms with Crippen molar-refractivity contribution in [3.8, 4) is 11.3 Å². The van der Waals surface area contributed by atoms with E-state index in [-0.39, 0.29) is 23.9 Å². The molecule has 0 saturated carbocycles. The number of hydrogen-bond acceptors (Lipinski definition) is 7. The van der Waals surface area contributed by atoms with Crippen molar-refractivity contribution in [1.29, 1.82) is 0 Å². The molecule has 0 aliphatic rings. The van der Waals surface area contributed by atoms with Crippen LogP contribution in [-0.4, -0.2) is 29.3 Å². The Hall–Kier alpha value is -2.26. The average molecular weight is 432 g/mol. The maximum absolute atomic E-state index is 11.8. The molecule has 0 aliphatic carbocycles. The van der Waals surface area contributed by atoms with Gasteiger partial charge in [0.05, 0.1) is 11.6 Å². The van der Waals surface area contributed by atoms with E-state index in [1.807, 2.05) is 12.1 Å². The van der Waals surface area contributed by atoms with Crippen molar-refractivity contribution in [3.63, 3.8) is 0 Å². The Morgan fingerprint density at radius 1 is 1.15 bits per heavy atom. The molecule has 3 rings (SSSR count). The maximum Gasteiger partial charge on any atom is 0.277 e. The predicted molar refractivity (Wildman–Crippen MR) is 96.9 cm³/mol. The minimum atomic E-state index is -0.441. The first-order valence-corrected chi connectivity index (χ1v) is 8.41. The fourth-order valence-electron chi connectivity index (χ4n) is 2.22. The van der Waals surface area contributed by atoms with Gasteiger partial charge < -0.3 is 33.2 Å². The summed E-state index contributed by atoms with van der Waals surface area (Å²) in [7, 11) is 0. The highest BCUT2D eigenvalue weighted by molar-refractivity contribution is 6.36. The molecule has 0 bridgehead atoms. The number of aromatic nitrogens is 2. The largest absolute Gasteiger partial charge is 1.00 e. The number of nitrogens with one attached hydrogen (secondary N) is 2. The van der Waals surface area contributed by atoms with Crippen molar-refractivity contribution in [2.75, 3.05) is 18.8 Å². The molecule has 2 aromatic heterocycles. The van der Waals surface area contributed by atoms with E-state index in [4.69, 9.17) is 33.4 Å². The number of nitrogens with zero attached hydrogens (tertiary/aromatic N) is 2. The zero-order valence-corrected chi connectivity index (χ0v) is 16.1. The number of amides is 1. The first-order valence-electron chi connectivity index (χ1n) is 7.65. The minimum absolute atomic E-state index is 0. The highest BCUT2D eigenvalue weighted by Crippen LogP contribution is 2.31. The SMILES string of the molecule is Nc1nonc1C(=O)NCCNCc1ccc(-c2ccc(Cl)cc2Cl)o1.[Cl-]. The van der Waals surface area contributed by atoms with Gasteiger partial charge in [-0.1, -0.05) is 23.2 Å². The molecule has 144 valence electrons. The van der Waals surface area contributed by atoms with Gasteiger partial charge in [0.25, 0.3) is 5.91 Å². The number of nitrogens with two attached hydrogens (primary N) is 1. The molecule has 11 heteroatoms. The quantitative estimate of drug-likeness (QED) is 0.441. The van der Waals surface area contributed by atoms with Crippen LogP contribution in [0.4, 0.5) is 5.82 Å². The van der Waals surface area contributed by atoms with Crippen LogP contribution >= 0.6 is 23.2 Å².